The number of aliphatic hydroxyl groups excluding tert-OH is 1. The highest BCUT2D eigenvalue weighted by atomic mass is 16.5. The molecule has 154 valence electrons. The zero-order valence-corrected chi connectivity index (χ0v) is 17.2. The van der Waals surface area contributed by atoms with Crippen LogP contribution in [0.4, 0.5) is 5.82 Å². The fourth-order valence-electron chi connectivity index (χ4n) is 5.91. The number of nitrogens with zero attached hydrogens (tertiary/aromatic N) is 3. The number of benzene rings is 1. The second kappa shape index (κ2) is 7.96. The smallest absolute Gasteiger partial charge is 0.128 e. The molecule has 2 aromatic rings. The zero-order valence-electron chi connectivity index (χ0n) is 17.2. The maximum absolute atomic E-state index is 9.49. The van der Waals surface area contributed by atoms with Crippen molar-refractivity contribution in [1.29, 1.82) is 0 Å². The fraction of sp³-hybridized carbons (Fsp3) is 0.542. The second-order valence-electron chi connectivity index (χ2n) is 8.93. The molecule has 0 spiro atoms. The van der Waals surface area contributed by atoms with Crippen molar-refractivity contribution < 1.29 is 9.84 Å². The molecule has 4 atom stereocenters. The van der Waals surface area contributed by atoms with Crippen LogP contribution in [0, 0.1) is 11.8 Å². The Labute approximate surface area is 173 Å². The molecule has 3 saturated heterocycles. The molecule has 0 amide bonds. The predicted octanol–water partition coefficient (Wildman–Crippen LogP) is 3.63. The highest BCUT2D eigenvalue weighted by molar-refractivity contribution is 5.42. The predicted molar refractivity (Wildman–Crippen MR) is 114 cm³/mol. The fourth-order valence-corrected chi connectivity index (χ4v) is 5.91. The number of hydrogen-bond donors (Lipinski definition) is 1. The Morgan fingerprint density at radius 2 is 1.97 bits per heavy atom. The van der Waals surface area contributed by atoms with Gasteiger partial charge in [0.25, 0.3) is 0 Å². The largest absolute Gasteiger partial charge is 0.497 e. The molecule has 5 rings (SSSR count). The Morgan fingerprint density at radius 3 is 2.76 bits per heavy atom. The van der Waals surface area contributed by atoms with Crippen molar-refractivity contribution in [1.82, 2.24) is 9.88 Å². The van der Waals surface area contributed by atoms with Crippen LogP contribution in [0.25, 0.3) is 0 Å². The van der Waals surface area contributed by atoms with E-state index in [-0.39, 0.29) is 6.61 Å². The molecule has 5 heteroatoms. The van der Waals surface area contributed by atoms with Gasteiger partial charge in [-0.1, -0.05) is 12.1 Å². The van der Waals surface area contributed by atoms with Gasteiger partial charge in [-0.05, 0) is 72.9 Å². The molecule has 0 radical (unpaired) electrons. The Bertz CT molecular complexity index is 840. The van der Waals surface area contributed by atoms with Crippen LogP contribution in [0.2, 0.25) is 0 Å². The van der Waals surface area contributed by atoms with Crippen molar-refractivity contribution in [3.63, 3.8) is 0 Å². The van der Waals surface area contributed by atoms with Gasteiger partial charge in [0.2, 0.25) is 0 Å². The molecule has 3 aliphatic heterocycles. The van der Waals surface area contributed by atoms with Gasteiger partial charge in [0, 0.05) is 37.9 Å². The van der Waals surface area contributed by atoms with Crippen molar-refractivity contribution >= 4 is 5.82 Å². The number of piperidine rings is 3. The standard InChI is InChI=1S/C24H31N3O2/c1-29-21-7-5-19(6-8-21)22-3-2-4-23-20-11-18(14-27(22)23)13-26(15-20)24-12-17(16-28)9-10-25-24/h5-10,12,18,20,22-23,28H,2-4,11,13-16H2,1H3/t18-,20+,22+,23-/m0/s1. The topological polar surface area (TPSA) is 48.8 Å². The Kier molecular flexibility index (Phi) is 5.18. The first-order valence-electron chi connectivity index (χ1n) is 11.0. The second-order valence-corrected chi connectivity index (χ2v) is 8.93. The van der Waals surface area contributed by atoms with E-state index in [1.54, 1.807) is 7.11 Å². The number of fused-ring (bicyclic) bond motifs is 4. The molecule has 3 aliphatic rings. The molecule has 29 heavy (non-hydrogen) atoms. The summed E-state index contributed by atoms with van der Waals surface area (Å²) in [5.74, 6) is 3.35. The Balaban J connectivity index is 1.36. The van der Waals surface area contributed by atoms with Gasteiger partial charge in [0.05, 0.1) is 13.7 Å². The average Bonchev–Trinajstić information content (AvgIpc) is 2.79. The number of anilines is 1. The molecule has 4 heterocycles. The van der Waals surface area contributed by atoms with E-state index >= 15 is 0 Å². The molecule has 1 aromatic heterocycles. The molecule has 1 aromatic carbocycles. The van der Waals surface area contributed by atoms with Crippen LogP contribution in [0.1, 0.15) is 42.9 Å². The molecule has 2 bridgehead atoms. The first-order valence-corrected chi connectivity index (χ1v) is 11.0. The monoisotopic (exact) mass is 393 g/mol. The molecule has 0 unspecified atom stereocenters. The number of hydrogen-bond acceptors (Lipinski definition) is 5. The van der Waals surface area contributed by atoms with E-state index in [4.69, 9.17) is 4.74 Å². The van der Waals surface area contributed by atoms with Gasteiger partial charge in [0.1, 0.15) is 11.6 Å². The first-order chi connectivity index (χ1) is 14.2. The number of aliphatic hydroxyl groups is 1. The van der Waals surface area contributed by atoms with Crippen LogP contribution in [-0.2, 0) is 6.61 Å². The molecular weight excluding hydrogens is 362 g/mol. The van der Waals surface area contributed by atoms with Crippen molar-refractivity contribution in [2.45, 2.75) is 44.4 Å². The maximum atomic E-state index is 9.49. The summed E-state index contributed by atoms with van der Waals surface area (Å²) in [6.07, 6.45) is 7.04. The lowest BCUT2D eigenvalue weighted by atomic mass is 9.74. The van der Waals surface area contributed by atoms with Crippen LogP contribution in [-0.4, -0.2) is 47.8 Å². The van der Waals surface area contributed by atoms with Crippen molar-refractivity contribution in [3.8, 4) is 5.75 Å². The summed E-state index contributed by atoms with van der Waals surface area (Å²) in [7, 11) is 1.73. The summed E-state index contributed by atoms with van der Waals surface area (Å²) in [5.41, 5.74) is 2.38. The van der Waals surface area contributed by atoms with Gasteiger partial charge in [-0.2, -0.15) is 0 Å². The molecular formula is C24H31N3O2. The van der Waals surface area contributed by atoms with Crippen LogP contribution in [0.3, 0.4) is 0 Å². The van der Waals surface area contributed by atoms with E-state index in [9.17, 15) is 5.11 Å². The molecule has 0 saturated carbocycles. The van der Waals surface area contributed by atoms with Gasteiger partial charge in [-0.15, -0.1) is 0 Å². The van der Waals surface area contributed by atoms with Gasteiger partial charge < -0.3 is 14.7 Å². The highest BCUT2D eigenvalue weighted by Gasteiger charge is 2.45. The van der Waals surface area contributed by atoms with Crippen LogP contribution < -0.4 is 9.64 Å². The van der Waals surface area contributed by atoms with Gasteiger partial charge >= 0.3 is 0 Å². The summed E-state index contributed by atoms with van der Waals surface area (Å²) >= 11 is 0. The summed E-state index contributed by atoms with van der Waals surface area (Å²) in [6, 6.07) is 13.9. The first kappa shape index (κ1) is 18.9. The lowest BCUT2D eigenvalue weighted by molar-refractivity contribution is -0.0201. The minimum Gasteiger partial charge on any atom is -0.497 e. The summed E-state index contributed by atoms with van der Waals surface area (Å²) in [5, 5.41) is 9.49. The third-order valence-electron chi connectivity index (χ3n) is 7.20. The molecule has 3 fully saturated rings. The van der Waals surface area contributed by atoms with Crippen LogP contribution in [0.5, 0.6) is 5.75 Å². The highest BCUT2D eigenvalue weighted by Crippen LogP contribution is 2.45. The third-order valence-corrected chi connectivity index (χ3v) is 7.20. The van der Waals surface area contributed by atoms with Crippen molar-refractivity contribution in [3.05, 3.63) is 53.7 Å². The Hall–Kier alpha value is -2.11. The molecule has 5 nitrogen and oxygen atoms in total. The third kappa shape index (κ3) is 3.62. The van der Waals surface area contributed by atoms with E-state index in [1.807, 2.05) is 12.3 Å². The number of methoxy groups -OCH3 is 1. The number of rotatable bonds is 4. The number of aromatic nitrogens is 1. The molecule has 1 N–H and O–H groups in total. The Morgan fingerprint density at radius 1 is 1.10 bits per heavy atom. The minimum absolute atomic E-state index is 0.0795. The van der Waals surface area contributed by atoms with E-state index in [0.29, 0.717) is 23.9 Å². The van der Waals surface area contributed by atoms with Crippen LogP contribution >= 0.6 is 0 Å². The molecule has 0 aliphatic carbocycles. The van der Waals surface area contributed by atoms with E-state index in [2.05, 4.69) is 45.1 Å². The van der Waals surface area contributed by atoms with Crippen LogP contribution in [0.15, 0.2) is 42.6 Å². The van der Waals surface area contributed by atoms with E-state index in [1.165, 1.54) is 37.8 Å². The van der Waals surface area contributed by atoms with Gasteiger partial charge in [-0.25, -0.2) is 4.98 Å². The number of ether oxygens (including phenoxy) is 1. The average molecular weight is 394 g/mol. The zero-order chi connectivity index (χ0) is 19.8. The van der Waals surface area contributed by atoms with Crippen molar-refractivity contribution in [2.75, 3.05) is 31.6 Å². The normalized spacial score (nSPS) is 29.4. The minimum atomic E-state index is 0.0795. The number of pyridine rings is 1. The summed E-state index contributed by atoms with van der Waals surface area (Å²) < 4.78 is 5.35. The summed E-state index contributed by atoms with van der Waals surface area (Å²) in [4.78, 5) is 9.89. The van der Waals surface area contributed by atoms with Gasteiger partial charge in [-0.3, -0.25) is 4.90 Å². The van der Waals surface area contributed by atoms with Gasteiger partial charge in [0.15, 0.2) is 0 Å². The maximum Gasteiger partial charge on any atom is 0.128 e. The summed E-state index contributed by atoms with van der Waals surface area (Å²) in [6.45, 7) is 3.40. The van der Waals surface area contributed by atoms with Crippen molar-refractivity contribution in [2.24, 2.45) is 11.8 Å². The SMILES string of the molecule is COc1ccc([C@H]2CCC[C@H]3[C@@H]4C[C@@H](CN(c5cc(CO)ccn5)C4)CN23)cc1. The van der Waals surface area contributed by atoms with E-state index in [0.717, 1.165) is 30.2 Å². The van der Waals surface area contributed by atoms with E-state index < -0.39 is 0 Å². The lowest BCUT2D eigenvalue weighted by Gasteiger charge is -2.55. The quantitative estimate of drug-likeness (QED) is 0.860. The lowest BCUT2D eigenvalue weighted by Crippen LogP contribution is -2.59.